The molecule has 6 heteroatoms. The lowest BCUT2D eigenvalue weighted by Crippen LogP contribution is -2.26. The first kappa shape index (κ1) is 11.3. The third-order valence-corrected chi connectivity index (χ3v) is 2.68. The van der Waals surface area contributed by atoms with Gasteiger partial charge in [-0.15, -0.1) is 10.2 Å². The van der Waals surface area contributed by atoms with E-state index in [1.165, 1.54) is 0 Å². The van der Waals surface area contributed by atoms with Crippen LogP contribution in [0.1, 0.15) is 19.7 Å². The highest BCUT2D eigenvalue weighted by atomic mass is 35.5. The summed E-state index contributed by atoms with van der Waals surface area (Å²) in [4.78, 5) is 4.00. The van der Waals surface area contributed by atoms with Crippen LogP contribution in [0.15, 0.2) is 12.4 Å². The van der Waals surface area contributed by atoms with Crippen LogP contribution in [0, 0.1) is 0 Å². The molecule has 0 spiro atoms. The maximum atomic E-state index is 5.77. The van der Waals surface area contributed by atoms with Gasteiger partial charge < -0.3 is 4.74 Å². The average molecular weight is 241 g/mol. The van der Waals surface area contributed by atoms with Gasteiger partial charge in [0, 0.05) is 19.6 Å². The first-order valence-electron chi connectivity index (χ1n) is 4.92. The van der Waals surface area contributed by atoms with Crippen molar-refractivity contribution in [2.45, 2.75) is 25.9 Å². The van der Waals surface area contributed by atoms with Gasteiger partial charge in [0.1, 0.15) is 17.3 Å². The number of nitrogens with zero attached hydrogens (tertiary/aromatic N) is 4. The smallest absolute Gasteiger partial charge is 0.165 e. The first-order valence-corrected chi connectivity index (χ1v) is 5.30. The quantitative estimate of drug-likeness (QED) is 0.767. The topological polar surface area (TPSA) is 52.3 Å². The van der Waals surface area contributed by atoms with Crippen LogP contribution in [0.4, 0.5) is 0 Å². The van der Waals surface area contributed by atoms with E-state index in [-0.39, 0.29) is 5.60 Å². The van der Waals surface area contributed by atoms with Gasteiger partial charge in [-0.25, -0.2) is 4.98 Å². The number of hydrogen-bond acceptors (Lipinski definition) is 4. The van der Waals surface area contributed by atoms with Crippen molar-refractivity contribution in [3.05, 3.63) is 23.4 Å². The molecule has 86 valence electrons. The van der Waals surface area contributed by atoms with E-state index in [9.17, 15) is 0 Å². The number of aromatic nitrogens is 4. The highest BCUT2D eigenvalue weighted by Gasteiger charge is 2.20. The highest BCUT2D eigenvalue weighted by Crippen LogP contribution is 2.16. The maximum Gasteiger partial charge on any atom is 0.165 e. The molecule has 0 saturated heterocycles. The molecule has 0 aromatic carbocycles. The molecule has 0 amide bonds. The van der Waals surface area contributed by atoms with Gasteiger partial charge in [0.2, 0.25) is 0 Å². The monoisotopic (exact) mass is 240 g/mol. The second-order valence-electron chi connectivity index (χ2n) is 4.20. The van der Waals surface area contributed by atoms with Crippen molar-refractivity contribution in [1.29, 1.82) is 0 Å². The summed E-state index contributed by atoms with van der Waals surface area (Å²) in [5.41, 5.74) is 0.421. The van der Waals surface area contributed by atoms with E-state index < -0.39 is 0 Å². The van der Waals surface area contributed by atoms with Crippen molar-refractivity contribution in [3.8, 4) is 0 Å². The van der Waals surface area contributed by atoms with Gasteiger partial charge in [-0.3, -0.25) is 4.40 Å². The van der Waals surface area contributed by atoms with E-state index in [0.29, 0.717) is 17.2 Å². The van der Waals surface area contributed by atoms with Crippen LogP contribution in [-0.2, 0) is 11.2 Å². The zero-order valence-electron chi connectivity index (χ0n) is 9.44. The second kappa shape index (κ2) is 3.99. The fourth-order valence-electron chi connectivity index (χ4n) is 1.39. The van der Waals surface area contributed by atoms with Crippen LogP contribution < -0.4 is 0 Å². The van der Waals surface area contributed by atoms with Gasteiger partial charge in [-0.1, -0.05) is 11.6 Å². The Labute approximate surface area is 98.4 Å². The van der Waals surface area contributed by atoms with Crippen molar-refractivity contribution < 1.29 is 4.74 Å². The minimum absolute atomic E-state index is 0.275. The molecule has 16 heavy (non-hydrogen) atoms. The van der Waals surface area contributed by atoms with Crippen molar-refractivity contribution in [2.24, 2.45) is 0 Å². The molecule has 0 aliphatic heterocycles. The standard InChI is InChI=1S/C10H13ClN4O/c1-10(2,16-3)5-9-14-13-8-4-7(11)12-6-15(8)9/h4,6H,5H2,1-3H3. The van der Waals surface area contributed by atoms with Crippen LogP contribution in [0.3, 0.4) is 0 Å². The summed E-state index contributed by atoms with van der Waals surface area (Å²) < 4.78 is 7.17. The fraction of sp³-hybridized carbons (Fsp3) is 0.500. The molecule has 0 atom stereocenters. The van der Waals surface area contributed by atoms with Crippen molar-refractivity contribution in [3.63, 3.8) is 0 Å². The molecule has 5 nitrogen and oxygen atoms in total. The minimum Gasteiger partial charge on any atom is -0.378 e. The van der Waals surface area contributed by atoms with Crippen LogP contribution in [0.25, 0.3) is 5.65 Å². The molecule has 0 bridgehead atoms. The molecule has 0 unspecified atom stereocenters. The molecule has 2 heterocycles. The number of hydrogen-bond donors (Lipinski definition) is 0. The van der Waals surface area contributed by atoms with Gasteiger partial charge in [0.25, 0.3) is 0 Å². The number of methoxy groups -OCH3 is 1. The maximum absolute atomic E-state index is 5.77. The van der Waals surface area contributed by atoms with E-state index >= 15 is 0 Å². The lowest BCUT2D eigenvalue weighted by molar-refractivity contribution is 0.0214. The van der Waals surface area contributed by atoms with Crippen LogP contribution in [0.2, 0.25) is 5.15 Å². The molecular formula is C10H13ClN4O. The number of halogens is 1. The van der Waals surface area contributed by atoms with Crippen molar-refractivity contribution in [1.82, 2.24) is 19.6 Å². The Bertz CT molecular complexity index is 508. The third-order valence-electron chi connectivity index (χ3n) is 2.47. The predicted octanol–water partition coefficient (Wildman–Crippen LogP) is 1.75. The van der Waals surface area contributed by atoms with Gasteiger partial charge >= 0.3 is 0 Å². The van der Waals surface area contributed by atoms with E-state index in [4.69, 9.17) is 16.3 Å². The number of fused-ring (bicyclic) bond motifs is 1. The van der Waals surface area contributed by atoms with Gasteiger partial charge in [-0.05, 0) is 13.8 Å². The van der Waals surface area contributed by atoms with E-state index in [1.807, 2.05) is 18.2 Å². The Balaban J connectivity index is 2.39. The van der Waals surface area contributed by atoms with Crippen LogP contribution >= 0.6 is 11.6 Å². The second-order valence-corrected chi connectivity index (χ2v) is 4.58. The average Bonchev–Trinajstić information content (AvgIpc) is 2.60. The Morgan fingerprint density at radius 3 is 2.88 bits per heavy atom. The van der Waals surface area contributed by atoms with E-state index in [2.05, 4.69) is 15.2 Å². The highest BCUT2D eigenvalue weighted by molar-refractivity contribution is 6.29. The summed E-state index contributed by atoms with van der Waals surface area (Å²) in [6, 6.07) is 1.68. The largest absolute Gasteiger partial charge is 0.378 e. The molecule has 2 aromatic rings. The van der Waals surface area contributed by atoms with Gasteiger partial charge in [0.15, 0.2) is 5.65 Å². The fourth-order valence-corrected chi connectivity index (χ4v) is 1.53. The molecule has 2 rings (SSSR count). The third kappa shape index (κ3) is 2.15. The van der Waals surface area contributed by atoms with Crippen LogP contribution in [0.5, 0.6) is 0 Å². The van der Waals surface area contributed by atoms with Crippen molar-refractivity contribution >= 4 is 17.2 Å². The summed E-state index contributed by atoms with van der Waals surface area (Å²) in [5, 5.41) is 8.55. The summed E-state index contributed by atoms with van der Waals surface area (Å²) in [6.07, 6.45) is 2.28. The van der Waals surface area contributed by atoms with E-state index in [0.717, 1.165) is 5.82 Å². The number of ether oxygens (including phenoxy) is 1. The van der Waals surface area contributed by atoms with Gasteiger partial charge in [-0.2, -0.15) is 0 Å². The van der Waals surface area contributed by atoms with E-state index in [1.54, 1.807) is 19.5 Å². The summed E-state index contributed by atoms with van der Waals surface area (Å²) in [6.45, 7) is 3.99. The minimum atomic E-state index is -0.275. The lowest BCUT2D eigenvalue weighted by Gasteiger charge is -2.21. The molecule has 0 aliphatic carbocycles. The van der Waals surface area contributed by atoms with Crippen LogP contribution in [-0.4, -0.2) is 32.3 Å². The van der Waals surface area contributed by atoms with Crippen molar-refractivity contribution in [2.75, 3.05) is 7.11 Å². The first-order chi connectivity index (χ1) is 7.52. The Hall–Kier alpha value is -1.20. The zero-order chi connectivity index (χ0) is 11.8. The molecule has 0 radical (unpaired) electrons. The lowest BCUT2D eigenvalue weighted by atomic mass is 10.1. The summed E-state index contributed by atoms with van der Waals surface area (Å²) >= 11 is 5.77. The molecular weight excluding hydrogens is 228 g/mol. The molecule has 2 aromatic heterocycles. The molecule has 0 saturated carbocycles. The van der Waals surface area contributed by atoms with Gasteiger partial charge in [0.05, 0.1) is 5.60 Å². The Morgan fingerprint density at radius 1 is 1.44 bits per heavy atom. The Morgan fingerprint density at radius 2 is 2.19 bits per heavy atom. The SMILES string of the molecule is COC(C)(C)Cc1nnc2cc(Cl)ncn12. The summed E-state index contributed by atoms with van der Waals surface area (Å²) in [7, 11) is 1.68. The summed E-state index contributed by atoms with van der Waals surface area (Å²) in [5.74, 6) is 0.811. The molecule has 0 aliphatic rings. The zero-order valence-corrected chi connectivity index (χ0v) is 10.2. The normalized spacial score (nSPS) is 12.2. The molecule has 0 N–H and O–H groups in total. The molecule has 0 fully saturated rings. The predicted molar refractivity (Wildman–Crippen MR) is 60.6 cm³/mol. The number of rotatable bonds is 3. The Kier molecular flexibility index (Phi) is 2.82.